The Morgan fingerprint density at radius 1 is 1.22 bits per heavy atom. The average Bonchev–Trinajstić information content (AvgIpc) is 2.19. The maximum Gasteiger partial charge on any atom is 0.233 e. The summed E-state index contributed by atoms with van der Waals surface area (Å²) >= 11 is 0. The fraction of sp³-hybridized carbons (Fsp3) is 0.917. The van der Waals surface area contributed by atoms with Gasteiger partial charge in [-0.25, -0.2) is 8.42 Å². The Balaban J connectivity index is 3.85. The molecule has 18 heavy (non-hydrogen) atoms. The van der Waals surface area contributed by atoms with Gasteiger partial charge in [-0.05, 0) is 26.7 Å². The van der Waals surface area contributed by atoms with E-state index in [-0.39, 0.29) is 18.2 Å². The third-order valence-electron chi connectivity index (χ3n) is 2.47. The molecule has 0 rings (SSSR count). The molecule has 5 nitrogen and oxygen atoms in total. The molecule has 0 aliphatic heterocycles. The van der Waals surface area contributed by atoms with Crippen molar-refractivity contribution in [2.24, 2.45) is 5.92 Å². The van der Waals surface area contributed by atoms with E-state index in [1.165, 1.54) is 0 Å². The van der Waals surface area contributed by atoms with Crippen LogP contribution in [0.3, 0.4) is 0 Å². The van der Waals surface area contributed by atoms with Crippen molar-refractivity contribution in [3.05, 3.63) is 0 Å². The number of carbonyl (C=O) groups excluding carboxylic acids is 1. The molecule has 0 radical (unpaired) electrons. The number of rotatable bonds is 7. The second-order valence-corrected chi connectivity index (χ2v) is 8.67. The molecule has 0 fully saturated rings. The minimum absolute atomic E-state index is 0.0496. The molecule has 0 aliphatic rings. The van der Waals surface area contributed by atoms with E-state index in [0.717, 1.165) is 0 Å². The highest BCUT2D eigenvalue weighted by molar-refractivity contribution is 7.92. The van der Waals surface area contributed by atoms with Gasteiger partial charge in [0.05, 0.1) is 17.0 Å². The van der Waals surface area contributed by atoms with Crippen molar-refractivity contribution >= 4 is 15.7 Å². The summed E-state index contributed by atoms with van der Waals surface area (Å²) in [5.74, 6) is 0.362. The van der Waals surface area contributed by atoms with Crippen LogP contribution in [0.15, 0.2) is 0 Å². The van der Waals surface area contributed by atoms with Crippen molar-refractivity contribution in [3.8, 4) is 0 Å². The molecule has 0 bridgehead atoms. The molecule has 0 aromatic rings. The maximum absolute atomic E-state index is 11.8. The standard InChI is InChI=1S/C12H26N2O3S/c1-10(2)8-14-11(15)9-13-6-7-18(16,17)12(3,4)5/h10,13H,6-9H2,1-5H3,(H,14,15). The largest absolute Gasteiger partial charge is 0.355 e. The molecule has 0 aromatic carbocycles. The summed E-state index contributed by atoms with van der Waals surface area (Å²) in [4.78, 5) is 11.3. The SMILES string of the molecule is CC(C)CNC(=O)CNCCS(=O)(=O)C(C)(C)C. The van der Waals surface area contributed by atoms with Gasteiger partial charge in [0.1, 0.15) is 0 Å². The summed E-state index contributed by atoms with van der Waals surface area (Å²) in [6.07, 6.45) is 0. The van der Waals surface area contributed by atoms with E-state index < -0.39 is 14.6 Å². The molecular formula is C12H26N2O3S. The van der Waals surface area contributed by atoms with Gasteiger partial charge in [-0.1, -0.05) is 13.8 Å². The van der Waals surface area contributed by atoms with Crippen LogP contribution in [0.4, 0.5) is 0 Å². The Bertz CT molecular complexity index is 356. The highest BCUT2D eigenvalue weighted by Gasteiger charge is 2.28. The predicted molar refractivity (Wildman–Crippen MR) is 74.3 cm³/mol. The summed E-state index contributed by atoms with van der Waals surface area (Å²) < 4.78 is 22.8. The Labute approximate surface area is 111 Å². The molecule has 0 heterocycles. The van der Waals surface area contributed by atoms with Gasteiger partial charge in [-0.15, -0.1) is 0 Å². The summed E-state index contributed by atoms with van der Waals surface area (Å²) in [5, 5.41) is 5.60. The minimum Gasteiger partial charge on any atom is -0.355 e. The van der Waals surface area contributed by atoms with Crippen LogP contribution in [-0.4, -0.2) is 44.5 Å². The van der Waals surface area contributed by atoms with Crippen LogP contribution in [0, 0.1) is 5.92 Å². The van der Waals surface area contributed by atoms with Crippen LogP contribution in [0.2, 0.25) is 0 Å². The number of sulfone groups is 1. The van der Waals surface area contributed by atoms with Gasteiger partial charge in [-0.3, -0.25) is 4.79 Å². The van der Waals surface area contributed by atoms with Crippen molar-refractivity contribution in [2.75, 3.05) is 25.4 Å². The lowest BCUT2D eigenvalue weighted by atomic mass is 10.2. The van der Waals surface area contributed by atoms with Gasteiger partial charge in [-0.2, -0.15) is 0 Å². The second kappa shape index (κ2) is 7.09. The van der Waals surface area contributed by atoms with Gasteiger partial charge in [0.2, 0.25) is 5.91 Å². The molecule has 0 saturated heterocycles. The van der Waals surface area contributed by atoms with E-state index in [2.05, 4.69) is 10.6 Å². The molecular weight excluding hydrogens is 252 g/mol. The second-order valence-electron chi connectivity index (χ2n) is 5.81. The summed E-state index contributed by atoms with van der Waals surface area (Å²) in [6.45, 7) is 10.2. The molecule has 1 amide bonds. The zero-order valence-electron chi connectivity index (χ0n) is 12.0. The highest BCUT2D eigenvalue weighted by Crippen LogP contribution is 2.14. The molecule has 0 atom stereocenters. The van der Waals surface area contributed by atoms with E-state index in [4.69, 9.17) is 0 Å². The average molecular weight is 278 g/mol. The summed E-state index contributed by atoms with van der Waals surface area (Å²) in [5.41, 5.74) is 0. The smallest absolute Gasteiger partial charge is 0.233 e. The first-order valence-electron chi connectivity index (χ1n) is 6.26. The minimum atomic E-state index is -3.12. The molecule has 108 valence electrons. The number of nitrogens with one attached hydrogen (secondary N) is 2. The number of amides is 1. The number of carbonyl (C=O) groups is 1. The summed E-state index contributed by atoms with van der Waals surface area (Å²) in [7, 11) is -3.12. The zero-order chi connectivity index (χ0) is 14.4. The van der Waals surface area contributed by atoms with Crippen molar-refractivity contribution < 1.29 is 13.2 Å². The first-order chi connectivity index (χ1) is 8.06. The van der Waals surface area contributed by atoms with Crippen LogP contribution in [0.25, 0.3) is 0 Å². The first kappa shape index (κ1) is 17.4. The molecule has 0 aromatic heterocycles. The van der Waals surface area contributed by atoms with Crippen molar-refractivity contribution in [1.29, 1.82) is 0 Å². The van der Waals surface area contributed by atoms with Crippen LogP contribution in [0.5, 0.6) is 0 Å². The van der Waals surface area contributed by atoms with Gasteiger partial charge in [0.25, 0.3) is 0 Å². The number of hydrogen-bond donors (Lipinski definition) is 2. The first-order valence-corrected chi connectivity index (χ1v) is 7.91. The topological polar surface area (TPSA) is 75.3 Å². The Morgan fingerprint density at radius 3 is 2.22 bits per heavy atom. The third-order valence-corrected chi connectivity index (χ3v) is 5.08. The molecule has 0 spiro atoms. The molecule has 0 aliphatic carbocycles. The Kier molecular flexibility index (Phi) is 6.84. The molecule has 2 N–H and O–H groups in total. The van der Waals surface area contributed by atoms with Crippen LogP contribution < -0.4 is 10.6 Å². The lowest BCUT2D eigenvalue weighted by Gasteiger charge is -2.19. The maximum atomic E-state index is 11.8. The lowest BCUT2D eigenvalue weighted by Crippen LogP contribution is -2.39. The van der Waals surface area contributed by atoms with Crippen molar-refractivity contribution in [3.63, 3.8) is 0 Å². The highest BCUT2D eigenvalue weighted by atomic mass is 32.2. The fourth-order valence-corrected chi connectivity index (χ4v) is 2.12. The number of hydrogen-bond acceptors (Lipinski definition) is 4. The van der Waals surface area contributed by atoms with E-state index in [0.29, 0.717) is 19.0 Å². The lowest BCUT2D eigenvalue weighted by molar-refractivity contribution is -0.120. The van der Waals surface area contributed by atoms with Gasteiger partial charge in [0.15, 0.2) is 9.84 Å². The molecule has 0 unspecified atom stereocenters. The van der Waals surface area contributed by atoms with E-state index in [1.54, 1.807) is 20.8 Å². The third kappa shape index (κ3) is 6.96. The zero-order valence-corrected chi connectivity index (χ0v) is 12.9. The predicted octanol–water partition coefficient (Wildman–Crippen LogP) is 0.562. The fourth-order valence-electron chi connectivity index (χ4n) is 1.10. The normalized spacial score (nSPS) is 12.8. The van der Waals surface area contributed by atoms with Crippen molar-refractivity contribution in [2.45, 2.75) is 39.4 Å². The van der Waals surface area contributed by atoms with Gasteiger partial charge < -0.3 is 10.6 Å². The molecule has 0 saturated carbocycles. The Morgan fingerprint density at radius 2 is 1.78 bits per heavy atom. The van der Waals surface area contributed by atoms with Crippen molar-refractivity contribution in [1.82, 2.24) is 10.6 Å². The van der Waals surface area contributed by atoms with Gasteiger partial charge in [0, 0.05) is 13.1 Å². The Hall–Kier alpha value is -0.620. The quantitative estimate of drug-likeness (QED) is 0.667. The van der Waals surface area contributed by atoms with Crippen LogP contribution >= 0.6 is 0 Å². The van der Waals surface area contributed by atoms with E-state index in [1.807, 2.05) is 13.8 Å². The molecule has 6 heteroatoms. The van der Waals surface area contributed by atoms with Crippen LogP contribution in [-0.2, 0) is 14.6 Å². The monoisotopic (exact) mass is 278 g/mol. The summed E-state index contributed by atoms with van der Waals surface area (Å²) in [6, 6.07) is 0. The van der Waals surface area contributed by atoms with E-state index in [9.17, 15) is 13.2 Å². The van der Waals surface area contributed by atoms with Gasteiger partial charge >= 0.3 is 0 Å². The van der Waals surface area contributed by atoms with E-state index >= 15 is 0 Å². The van der Waals surface area contributed by atoms with Crippen LogP contribution in [0.1, 0.15) is 34.6 Å².